The van der Waals surface area contributed by atoms with Crippen LogP contribution in [0.2, 0.25) is 10.0 Å². The topological polar surface area (TPSA) is 94.7 Å². The van der Waals surface area contributed by atoms with E-state index in [4.69, 9.17) is 37.8 Å². The van der Waals surface area contributed by atoms with Crippen LogP contribution in [0.3, 0.4) is 0 Å². The van der Waals surface area contributed by atoms with E-state index in [1.165, 1.54) is 11.0 Å². The van der Waals surface area contributed by atoms with Gasteiger partial charge in [0.15, 0.2) is 6.04 Å². The Morgan fingerprint density at radius 2 is 1.87 bits per heavy atom. The Balaban J connectivity index is 1.39. The number of carbonyl (C=O) groups is 2. The van der Waals surface area contributed by atoms with Crippen LogP contribution in [0, 0.1) is 0 Å². The molecule has 0 fully saturated rings. The summed E-state index contributed by atoms with van der Waals surface area (Å²) >= 11 is 13.7. The molecule has 0 spiro atoms. The van der Waals surface area contributed by atoms with Crippen LogP contribution in [0.5, 0.6) is 0 Å². The molecule has 0 N–H and O–H groups in total. The fourth-order valence-electron chi connectivity index (χ4n) is 5.31. The van der Waals surface area contributed by atoms with Gasteiger partial charge in [0.1, 0.15) is 17.3 Å². The zero-order chi connectivity index (χ0) is 32.6. The zero-order valence-electron chi connectivity index (χ0n) is 26.2. The fraction of sp³-hybridized carbons (Fsp3) is 0.438. The second kappa shape index (κ2) is 12.9. The summed E-state index contributed by atoms with van der Waals surface area (Å²) in [5.41, 5.74) is 3.34. The molecular weight excluding hydrogens is 622 g/mol. The normalized spacial score (nSPS) is 15.2. The third-order valence-corrected chi connectivity index (χ3v) is 8.32. The standard InChI is InChI=1S/C32H37Cl2FN6O4/c1-7-44-30(42)29(28-25-14-20(35)16-40(25)18-36-28)41-17-23-24(33)15-22(26(34)27(23)37-41)19-8-10-21(11-9-19)38(5)12-13-39(6)31(43)45-32(2,3)4/h8-11,15,17-18,20,29H,7,12-14,16H2,1-6H3/t20-,29?/m1/s1. The molecule has 2 atom stereocenters. The number of nitrogens with zero attached hydrogens (tertiary/aromatic N) is 6. The second-order valence-electron chi connectivity index (χ2n) is 12.1. The minimum absolute atomic E-state index is 0.156. The number of hydrogen-bond donors (Lipinski definition) is 0. The average molecular weight is 660 g/mol. The highest BCUT2D eigenvalue weighted by Crippen LogP contribution is 2.40. The van der Waals surface area contributed by atoms with Gasteiger partial charge in [-0.05, 0) is 51.5 Å². The first-order chi connectivity index (χ1) is 21.3. The smallest absolute Gasteiger partial charge is 0.410 e. The van der Waals surface area contributed by atoms with E-state index in [1.807, 2.05) is 57.0 Å². The number of anilines is 1. The summed E-state index contributed by atoms with van der Waals surface area (Å²) in [5.74, 6) is -0.557. The number of imidazole rings is 1. The molecule has 10 nitrogen and oxygen atoms in total. The number of halogens is 3. The molecule has 1 aliphatic heterocycles. The van der Waals surface area contributed by atoms with Crippen LogP contribution in [0.1, 0.15) is 45.1 Å². The van der Waals surface area contributed by atoms with Gasteiger partial charge in [-0.15, -0.1) is 0 Å². The van der Waals surface area contributed by atoms with Crippen LogP contribution in [0.15, 0.2) is 42.9 Å². The van der Waals surface area contributed by atoms with Crippen molar-refractivity contribution in [2.24, 2.45) is 0 Å². The van der Waals surface area contributed by atoms with Gasteiger partial charge in [-0.3, -0.25) is 4.68 Å². The first-order valence-corrected chi connectivity index (χ1v) is 15.5. The van der Waals surface area contributed by atoms with Gasteiger partial charge in [0.25, 0.3) is 0 Å². The number of alkyl halides is 1. The molecule has 1 unspecified atom stereocenters. The van der Waals surface area contributed by atoms with E-state index in [-0.39, 0.29) is 25.7 Å². The minimum atomic E-state index is -1.04. The van der Waals surface area contributed by atoms with Crippen molar-refractivity contribution in [1.82, 2.24) is 24.2 Å². The van der Waals surface area contributed by atoms with E-state index in [2.05, 4.69) is 4.98 Å². The number of benzene rings is 2. The highest BCUT2D eigenvalue weighted by molar-refractivity contribution is 6.42. The second-order valence-corrected chi connectivity index (χ2v) is 12.9. The first-order valence-electron chi connectivity index (χ1n) is 14.7. The van der Waals surface area contributed by atoms with Crippen LogP contribution < -0.4 is 4.90 Å². The van der Waals surface area contributed by atoms with Crippen molar-refractivity contribution < 1.29 is 23.5 Å². The number of fused-ring (bicyclic) bond motifs is 2. The summed E-state index contributed by atoms with van der Waals surface area (Å²) in [6.07, 6.45) is 1.93. The highest BCUT2D eigenvalue weighted by atomic mass is 35.5. The number of ether oxygens (including phenoxy) is 2. The lowest BCUT2D eigenvalue weighted by atomic mass is 10.0. The van der Waals surface area contributed by atoms with Crippen LogP contribution in [0.25, 0.3) is 22.0 Å². The molecule has 4 aromatic rings. The molecule has 3 heterocycles. The molecule has 2 aromatic heterocycles. The van der Waals surface area contributed by atoms with E-state index in [0.29, 0.717) is 51.0 Å². The highest BCUT2D eigenvalue weighted by Gasteiger charge is 2.35. The van der Waals surface area contributed by atoms with E-state index < -0.39 is 23.8 Å². The molecule has 1 aliphatic rings. The van der Waals surface area contributed by atoms with E-state index in [1.54, 1.807) is 35.7 Å². The quantitative estimate of drug-likeness (QED) is 0.188. The van der Waals surface area contributed by atoms with E-state index in [9.17, 15) is 14.0 Å². The lowest BCUT2D eigenvalue weighted by Crippen LogP contribution is -2.38. The maximum atomic E-state index is 14.2. The van der Waals surface area contributed by atoms with Crippen molar-refractivity contribution in [2.75, 3.05) is 38.7 Å². The van der Waals surface area contributed by atoms with Gasteiger partial charge in [0.2, 0.25) is 0 Å². The molecule has 13 heteroatoms. The van der Waals surface area contributed by atoms with Gasteiger partial charge in [0.05, 0.1) is 35.2 Å². The molecule has 240 valence electrons. The summed E-state index contributed by atoms with van der Waals surface area (Å²) in [4.78, 5) is 33.5. The van der Waals surface area contributed by atoms with E-state index >= 15 is 0 Å². The number of carbonyl (C=O) groups excluding carboxylic acids is 2. The Hall–Kier alpha value is -3.83. The van der Waals surface area contributed by atoms with Crippen molar-refractivity contribution in [3.05, 3.63) is 64.3 Å². The maximum Gasteiger partial charge on any atom is 0.410 e. The molecule has 45 heavy (non-hydrogen) atoms. The molecule has 0 bridgehead atoms. The van der Waals surface area contributed by atoms with Crippen molar-refractivity contribution in [3.8, 4) is 11.1 Å². The third kappa shape index (κ3) is 6.89. The van der Waals surface area contributed by atoms with Crippen LogP contribution in [-0.4, -0.2) is 81.9 Å². The predicted octanol–water partition coefficient (Wildman–Crippen LogP) is 6.56. The fourth-order valence-corrected chi connectivity index (χ4v) is 5.86. The predicted molar refractivity (Wildman–Crippen MR) is 173 cm³/mol. The molecule has 1 amide bonds. The minimum Gasteiger partial charge on any atom is -0.464 e. The summed E-state index contributed by atoms with van der Waals surface area (Å²) in [7, 11) is 3.66. The van der Waals surface area contributed by atoms with Crippen molar-refractivity contribution in [1.29, 1.82) is 0 Å². The van der Waals surface area contributed by atoms with Crippen LogP contribution in [-0.2, 0) is 27.2 Å². The summed E-state index contributed by atoms with van der Waals surface area (Å²) in [5, 5.41) is 6.03. The molecule has 0 radical (unpaired) electrons. The van der Waals surface area contributed by atoms with Gasteiger partial charge in [-0.2, -0.15) is 5.10 Å². The lowest BCUT2D eigenvalue weighted by Gasteiger charge is -2.27. The average Bonchev–Trinajstić information content (AvgIpc) is 3.68. The van der Waals surface area contributed by atoms with Crippen LogP contribution >= 0.6 is 23.2 Å². The van der Waals surface area contributed by atoms with Crippen molar-refractivity contribution in [2.45, 2.75) is 58.5 Å². The lowest BCUT2D eigenvalue weighted by molar-refractivity contribution is -0.146. The van der Waals surface area contributed by atoms with Gasteiger partial charge >= 0.3 is 12.1 Å². The molecule has 2 aromatic carbocycles. The third-order valence-electron chi connectivity index (χ3n) is 7.62. The summed E-state index contributed by atoms with van der Waals surface area (Å²) in [6.45, 7) is 8.66. The molecule has 5 rings (SSSR count). The monoisotopic (exact) mass is 658 g/mol. The number of aromatic nitrogens is 4. The molecular formula is C32H37Cl2FN6O4. The summed E-state index contributed by atoms with van der Waals surface area (Å²) in [6, 6.07) is 8.54. The Morgan fingerprint density at radius 1 is 1.16 bits per heavy atom. The van der Waals surface area contributed by atoms with Gasteiger partial charge < -0.3 is 23.8 Å². The largest absolute Gasteiger partial charge is 0.464 e. The number of esters is 1. The van der Waals surface area contributed by atoms with E-state index in [0.717, 1.165) is 11.3 Å². The Labute approximate surface area is 271 Å². The molecule has 0 saturated carbocycles. The number of rotatable bonds is 9. The van der Waals surface area contributed by atoms with Gasteiger partial charge in [0, 0.05) is 62.1 Å². The molecule has 0 aliphatic carbocycles. The maximum absolute atomic E-state index is 14.2. The molecule has 0 saturated heterocycles. The van der Waals surface area contributed by atoms with Gasteiger partial charge in [-0.1, -0.05) is 35.3 Å². The Kier molecular flexibility index (Phi) is 9.32. The SMILES string of the molecule is CCOC(=O)C(c1ncn2c1C[C@@H](F)C2)n1cc2c(Cl)cc(-c3ccc(N(C)CCN(C)C(=O)OC(C)(C)C)cc3)c(Cl)c2n1. The number of hydrogen-bond acceptors (Lipinski definition) is 7. The Morgan fingerprint density at radius 3 is 2.53 bits per heavy atom. The number of likely N-dealkylation sites (N-methyl/N-ethyl adjacent to an activating group) is 2. The van der Waals surface area contributed by atoms with Crippen molar-refractivity contribution >= 4 is 51.9 Å². The Bertz CT molecular complexity index is 1720. The zero-order valence-corrected chi connectivity index (χ0v) is 27.7. The van der Waals surface area contributed by atoms with Crippen molar-refractivity contribution in [3.63, 3.8) is 0 Å². The summed E-state index contributed by atoms with van der Waals surface area (Å²) < 4.78 is 28.2. The van der Waals surface area contributed by atoms with Crippen LogP contribution in [0.4, 0.5) is 14.9 Å². The van der Waals surface area contributed by atoms with Gasteiger partial charge in [-0.25, -0.2) is 19.0 Å². The first kappa shape index (κ1) is 32.6. The number of amides is 1.